The number of H-pyrrole nitrogens is 1. The van der Waals surface area contributed by atoms with Crippen molar-refractivity contribution in [1.29, 1.82) is 5.26 Å². The van der Waals surface area contributed by atoms with Crippen LogP contribution in [0.25, 0.3) is 0 Å². The van der Waals surface area contributed by atoms with E-state index in [1.807, 2.05) is 4.98 Å². The number of pyridine rings is 1. The molecule has 0 aliphatic rings. The molecule has 0 saturated heterocycles. The molecule has 1 aromatic heterocycles. The van der Waals surface area contributed by atoms with Crippen LogP contribution >= 0.6 is 0 Å². The Morgan fingerprint density at radius 3 is 2.60 bits per heavy atom. The standard InChI is InChI=1S/C7H3F2N3O3/c8-7(9)3-2-11-4(1-10)5(6(3)13)12(14)15/h2,7H,(H,11,13). The first-order valence-electron chi connectivity index (χ1n) is 3.57. The maximum atomic E-state index is 12.2. The minimum absolute atomic E-state index is 0.596. The summed E-state index contributed by atoms with van der Waals surface area (Å²) in [5.41, 5.74) is -4.27. The summed E-state index contributed by atoms with van der Waals surface area (Å²) in [4.78, 5) is 22.3. The molecule has 0 fully saturated rings. The van der Waals surface area contributed by atoms with Gasteiger partial charge in [0.2, 0.25) is 5.69 Å². The zero-order valence-corrected chi connectivity index (χ0v) is 7.03. The molecule has 1 heterocycles. The van der Waals surface area contributed by atoms with E-state index in [4.69, 9.17) is 5.26 Å². The Bertz CT molecular complexity index is 503. The van der Waals surface area contributed by atoms with Crippen LogP contribution in [-0.2, 0) is 0 Å². The number of hydrogen-bond acceptors (Lipinski definition) is 4. The van der Waals surface area contributed by atoms with Gasteiger partial charge in [-0.05, 0) is 0 Å². The van der Waals surface area contributed by atoms with E-state index in [9.17, 15) is 23.7 Å². The maximum Gasteiger partial charge on any atom is 0.350 e. The predicted octanol–water partition coefficient (Wildman–Crippen LogP) is 1.09. The second kappa shape index (κ2) is 3.83. The number of nitro groups is 1. The Morgan fingerprint density at radius 2 is 2.20 bits per heavy atom. The number of nitrogens with zero attached hydrogens (tertiary/aromatic N) is 2. The molecule has 1 aromatic rings. The Labute approximate surface area is 80.9 Å². The fourth-order valence-electron chi connectivity index (χ4n) is 0.956. The SMILES string of the molecule is N#Cc1[nH]cc(C(F)F)c(=O)c1[N+](=O)[O-]. The van der Waals surface area contributed by atoms with Crippen molar-refractivity contribution >= 4 is 5.69 Å². The zero-order chi connectivity index (χ0) is 11.6. The van der Waals surface area contributed by atoms with Gasteiger partial charge in [-0.15, -0.1) is 0 Å². The van der Waals surface area contributed by atoms with Crippen molar-refractivity contribution in [2.45, 2.75) is 6.43 Å². The second-order valence-electron chi connectivity index (χ2n) is 2.47. The number of alkyl halides is 2. The first-order valence-corrected chi connectivity index (χ1v) is 3.57. The van der Waals surface area contributed by atoms with Crippen LogP contribution in [0, 0.1) is 21.4 Å². The van der Waals surface area contributed by atoms with Gasteiger partial charge in [-0.1, -0.05) is 0 Å². The van der Waals surface area contributed by atoms with E-state index in [0.717, 1.165) is 0 Å². The Hall–Kier alpha value is -2.30. The summed E-state index contributed by atoms with van der Waals surface area (Å²) in [5, 5.41) is 18.8. The summed E-state index contributed by atoms with van der Waals surface area (Å²) in [5.74, 6) is 0. The summed E-state index contributed by atoms with van der Waals surface area (Å²) < 4.78 is 24.4. The highest BCUT2D eigenvalue weighted by Crippen LogP contribution is 2.18. The first-order chi connectivity index (χ1) is 6.99. The van der Waals surface area contributed by atoms with Crippen molar-refractivity contribution in [1.82, 2.24) is 4.98 Å². The van der Waals surface area contributed by atoms with E-state index in [1.165, 1.54) is 6.07 Å². The number of hydrogen-bond donors (Lipinski definition) is 1. The van der Waals surface area contributed by atoms with Crippen LogP contribution in [0.4, 0.5) is 14.5 Å². The third kappa shape index (κ3) is 1.80. The average Bonchev–Trinajstić information content (AvgIpc) is 2.15. The molecule has 0 unspecified atom stereocenters. The molecule has 0 radical (unpaired) electrons. The Morgan fingerprint density at radius 1 is 1.60 bits per heavy atom. The Balaban J connectivity index is 3.59. The second-order valence-corrected chi connectivity index (χ2v) is 2.47. The minimum atomic E-state index is -3.12. The molecule has 0 aromatic carbocycles. The van der Waals surface area contributed by atoms with Gasteiger partial charge in [-0.2, -0.15) is 5.26 Å². The largest absolute Gasteiger partial charge is 0.350 e. The molecular formula is C7H3F2N3O3. The van der Waals surface area contributed by atoms with Crippen molar-refractivity contribution in [3.05, 3.63) is 37.8 Å². The summed E-state index contributed by atoms with van der Waals surface area (Å²) in [6.45, 7) is 0. The number of aromatic amines is 1. The molecule has 0 aliphatic carbocycles. The van der Waals surface area contributed by atoms with E-state index >= 15 is 0 Å². The van der Waals surface area contributed by atoms with Gasteiger partial charge in [0.05, 0.1) is 10.5 Å². The number of nitriles is 1. The van der Waals surface area contributed by atoms with Crippen LogP contribution in [0.15, 0.2) is 11.0 Å². The monoisotopic (exact) mass is 215 g/mol. The lowest BCUT2D eigenvalue weighted by Gasteiger charge is -1.99. The lowest BCUT2D eigenvalue weighted by molar-refractivity contribution is -0.386. The van der Waals surface area contributed by atoms with Crippen LogP contribution in [0.3, 0.4) is 0 Å². The van der Waals surface area contributed by atoms with Crippen molar-refractivity contribution in [3.8, 4) is 6.07 Å². The molecule has 0 bridgehead atoms. The van der Waals surface area contributed by atoms with Crippen LogP contribution in [-0.4, -0.2) is 9.91 Å². The molecule has 0 amide bonds. The molecule has 0 saturated carbocycles. The average molecular weight is 215 g/mol. The van der Waals surface area contributed by atoms with E-state index in [0.29, 0.717) is 6.20 Å². The summed E-state index contributed by atoms with van der Waals surface area (Å²) >= 11 is 0. The van der Waals surface area contributed by atoms with E-state index in [2.05, 4.69) is 0 Å². The molecule has 0 atom stereocenters. The quantitative estimate of drug-likeness (QED) is 0.589. The molecule has 1 rings (SSSR count). The lowest BCUT2D eigenvalue weighted by Crippen LogP contribution is -2.16. The molecule has 8 heteroatoms. The van der Waals surface area contributed by atoms with Crippen molar-refractivity contribution < 1.29 is 13.7 Å². The topological polar surface area (TPSA) is 99.8 Å². The smallest absolute Gasteiger partial charge is 0.347 e. The number of nitrogens with one attached hydrogen (secondary N) is 1. The van der Waals surface area contributed by atoms with Crippen LogP contribution in [0.5, 0.6) is 0 Å². The normalized spacial score (nSPS) is 10.0. The van der Waals surface area contributed by atoms with Gasteiger partial charge in [0.25, 0.3) is 11.9 Å². The van der Waals surface area contributed by atoms with Crippen molar-refractivity contribution in [2.75, 3.05) is 0 Å². The van der Waals surface area contributed by atoms with Crippen molar-refractivity contribution in [3.63, 3.8) is 0 Å². The summed E-state index contributed by atoms with van der Waals surface area (Å²) in [7, 11) is 0. The van der Waals surface area contributed by atoms with Crippen LogP contribution in [0.2, 0.25) is 0 Å². The maximum absolute atomic E-state index is 12.2. The predicted molar refractivity (Wildman–Crippen MR) is 43.4 cm³/mol. The van der Waals surface area contributed by atoms with Gasteiger partial charge in [0.1, 0.15) is 6.07 Å². The zero-order valence-electron chi connectivity index (χ0n) is 7.03. The Kier molecular flexibility index (Phi) is 2.75. The van der Waals surface area contributed by atoms with Gasteiger partial charge < -0.3 is 4.98 Å². The number of aromatic nitrogens is 1. The number of halogens is 2. The third-order valence-corrected chi connectivity index (χ3v) is 1.62. The molecule has 15 heavy (non-hydrogen) atoms. The fraction of sp³-hybridized carbons (Fsp3) is 0.143. The minimum Gasteiger partial charge on any atom is -0.347 e. The van der Waals surface area contributed by atoms with Crippen molar-refractivity contribution in [2.24, 2.45) is 0 Å². The third-order valence-electron chi connectivity index (χ3n) is 1.62. The lowest BCUT2D eigenvalue weighted by atomic mass is 10.2. The molecule has 1 N–H and O–H groups in total. The van der Waals surface area contributed by atoms with Gasteiger partial charge in [-0.3, -0.25) is 14.9 Å². The molecule has 78 valence electrons. The first kappa shape index (κ1) is 10.8. The molecular weight excluding hydrogens is 212 g/mol. The van der Waals surface area contributed by atoms with Gasteiger partial charge >= 0.3 is 5.69 Å². The number of rotatable bonds is 2. The highest BCUT2D eigenvalue weighted by molar-refractivity contribution is 5.45. The van der Waals surface area contributed by atoms with Gasteiger partial charge in [0, 0.05) is 6.20 Å². The molecule has 0 spiro atoms. The molecule has 6 nitrogen and oxygen atoms in total. The molecule has 0 aliphatic heterocycles. The highest BCUT2D eigenvalue weighted by Gasteiger charge is 2.25. The highest BCUT2D eigenvalue weighted by atomic mass is 19.3. The van der Waals surface area contributed by atoms with Gasteiger partial charge in [-0.25, -0.2) is 8.78 Å². The fourth-order valence-corrected chi connectivity index (χ4v) is 0.956. The van der Waals surface area contributed by atoms with Crippen LogP contribution in [0.1, 0.15) is 17.7 Å². The van der Waals surface area contributed by atoms with E-state index in [-0.39, 0.29) is 0 Å². The van der Waals surface area contributed by atoms with E-state index in [1.54, 1.807) is 0 Å². The van der Waals surface area contributed by atoms with Gasteiger partial charge in [0.15, 0.2) is 0 Å². The van der Waals surface area contributed by atoms with Crippen LogP contribution < -0.4 is 5.43 Å². The summed E-state index contributed by atoms with van der Waals surface area (Å²) in [6, 6.07) is 1.34. The summed E-state index contributed by atoms with van der Waals surface area (Å²) in [6.07, 6.45) is -2.53. The van der Waals surface area contributed by atoms with E-state index < -0.39 is 33.7 Å².